The minimum absolute atomic E-state index is 0.566. The van der Waals surface area contributed by atoms with Gasteiger partial charge in [-0.25, -0.2) is 4.98 Å². The van der Waals surface area contributed by atoms with Crippen LogP contribution in [0.25, 0.3) is 0 Å². The summed E-state index contributed by atoms with van der Waals surface area (Å²) in [6.07, 6.45) is 0. The molecule has 2 N–H and O–H groups in total. The normalized spacial score (nSPS) is 11.0. The highest BCUT2D eigenvalue weighted by atomic mass is 32.1. The maximum absolute atomic E-state index is 5.72. The Hall–Kier alpha value is -1.43. The third-order valence-electron chi connectivity index (χ3n) is 3.00. The van der Waals surface area contributed by atoms with Gasteiger partial charge in [0.05, 0.1) is 10.7 Å². The number of nitrogens with two attached hydrogens (primary N) is 1. The fraction of sp³-hybridized carbons (Fsp3) is 0.400. The molecule has 0 aliphatic rings. The number of rotatable bonds is 7. The van der Waals surface area contributed by atoms with Gasteiger partial charge in [-0.2, -0.15) is 0 Å². The topological polar surface area (TPSA) is 51.4 Å². The molecule has 2 aromatic rings. The van der Waals surface area contributed by atoms with Crippen LogP contribution in [-0.2, 0) is 13.1 Å². The van der Waals surface area contributed by atoms with Crippen LogP contribution in [0.2, 0.25) is 0 Å². The largest absolute Gasteiger partial charge is 0.492 e. The molecule has 0 saturated carbocycles. The maximum atomic E-state index is 5.72. The third kappa shape index (κ3) is 4.59. The summed E-state index contributed by atoms with van der Waals surface area (Å²) in [4.78, 5) is 6.67. The molecule has 2 rings (SSSR count). The Balaban J connectivity index is 1.71. The lowest BCUT2D eigenvalue weighted by Gasteiger charge is -2.15. The van der Waals surface area contributed by atoms with E-state index in [0.717, 1.165) is 35.1 Å². The predicted octanol–water partition coefficient (Wildman–Crippen LogP) is 2.42. The average molecular weight is 291 g/mol. The first kappa shape index (κ1) is 15.0. The number of hydrogen-bond acceptors (Lipinski definition) is 5. The fourth-order valence-corrected chi connectivity index (χ4v) is 2.48. The molecule has 5 heteroatoms. The van der Waals surface area contributed by atoms with Crippen molar-refractivity contribution in [1.82, 2.24) is 9.88 Å². The lowest BCUT2D eigenvalue weighted by molar-refractivity contribution is 0.231. The highest BCUT2D eigenvalue weighted by Gasteiger charge is 2.04. The van der Waals surface area contributed by atoms with Gasteiger partial charge in [0.2, 0.25) is 0 Å². The molecule has 0 saturated heterocycles. The van der Waals surface area contributed by atoms with Crippen molar-refractivity contribution in [1.29, 1.82) is 0 Å². The standard InChI is InChI=1S/C15H21N3OS/c1-12-17-14(11-20-12)10-18(2)7-8-19-15-5-3-13(9-16)4-6-15/h3-6,11H,7-10,16H2,1-2H3. The summed E-state index contributed by atoms with van der Waals surface area (Å²) in [5, 5.41) is 3.22. The summed E-state index contributed by atoms with van der Waals surface area (Å²) in [7, 11) is 2.08. The summed E-state index contributed by atoms with van der Waals surface area (Å²) in [5.74, 6) is 0.889. The third-order valence-corrected chi connectivity index (χ3v) is 3.82. The molecule has 108 valence electrons. The average Bonchev–Trinajstić information content (AvgIpc) is 2.85. The first-order chi connectivity index (χ1) is 9.67. The number of ether oxygens (including phenoxy) is 1. The van der Waals surface area contributed by atoms with E-state index in [0.29, 0.717) is 13.2 Å². The highest BCUT2D eigenvalue weighted by molar-refractivity contribution is 7.09. The van der Waals surface area contributed by atoms with E-state index in [1.54, 1.807) is 11.3 Å². The smallest absolute Gasteiger partial charge is 0.119 e. The van der Waals surface area contributed by atoms with E-state index >= 15 is 0 Å². The molecule has 0 amide bonds. The molecule has 0 spiro atoms. The maximum Gasteiger partial charge on any atom is 0.119 e. The van der Waals surface area contributed by atoms with Gasteiger partial charge in [0.1, 0.15) is 12.4 Å². The summed E-state index contributed by atoms with van der Waals surface area (Å²) in [6.45, 7) is 5.00. The van der Waals surface area contributed by atoms with Gasteiger partial charge in [0, 0.05) is 25.0 Å². The van der Waals surface area contributed by atoms with E-state index in [-0.39, 0.29) is 0 Å². The van der Waals surface area contributed by atoms with E-state index in [4.69, 9.17) is 10.5 Å². The van der Waals surface area contributed by atoms with Gasteiger partial charge in [-0.3, -0.25) is 4.90 Å². The van der Waals surface area contributed by atoms with Crippen LogP contribution in [0.15, 0.2) is 29.6 Å². The monoisotopic (exact) mass is 291 g/mol. The van der Waals surface area contributed by atoms with Gasteiger partial charge in [0.25, 0.3) is 0 Å². The molecular weight excluding hydrogens is 270 g/mol. The van der Waals surface area contributed by atoms with Crippen molar-refractivity contribution in [3.8, 4) is 5.75 Å². The lowest BCUT2D eigenvalue weighted by atomic mass is 10.2. The number of aromatic nitrogens is 1. The quantitative estimate of drug-likeness (QED) is 0.851. The molecule has 0 fully saturated rings. The molecule has 0 unspecified atom stereocenters. The van der Waals surface area contributed by atoms with E-state index < -0.39 is 0 Å². The van der Waals surface area contributed by atoms with Crippen molar-refractivity contribution in [2.45, 2.75) is 20.0 Å². The van der Waals surface area contributed by atoms with Crippen molar-refractivity contribution in [2.75, 3.05) is 20.2 Å². The molecule has 4 nitrogen and oxygen atoms in total. The summed E-state index contributed by atoms with van der Waals surface area (Å²) < 4.78 is 5.72. The van der Waals surface area contributed by atoms with Crippen molar-refractivity contribution in [3.63, 3.8) is 0 Å². The number of aryl methyl sites for hydroxylation is 1. The number of likely N-dealkylation sites (N-methyl/N-ethyl adjacent to an activating group) is 1. The van der Waals surface area contributed by atoms with Gasteiger partial charge in [-0.05, 0) is 31.7 Å². The molecule has 0 aliphatic heterocycles. The number of hydrogen-bond donors (Lipinski definition) is 1. The van der Waals surface area contributed by atoms with Crippen molar-refractivity contribution < 1.29 is 4.74 Å². The first-order valence-corrected chi connectivity index (χ1v) is 7.56. The number of thiazole rings is 1. The van der Waals surface area contributed by atoms with Crippen LogP contribution in [0.1, 0.15) is 16.3 Å². The molecule has 0 atom stereocenters. The number of benzene rings is 1. The van der Waals surface area contributed by atoms with Crippen LogP contribution in [0.3, 0.4) is 0 Å². The Kier molecular flexibility index (Phi) is 5.52. The van der Waals surface area contributed by atoms with Gasteiger partial charge < -0.3 is 10.5 Å². The van der Waals surface area contributed by atoms with Crippen LogP contribution in [-0.4, -0.2) is 30.1 Å². The second-order valence-electron chi connectivity index (χ2n) is 4.79. The number of nitrogens with zero attached hydrogens (tertiary/aromatic N) is 2. The van der Waals surface area contributed by atoms with Crippen LogP contribution >= 0.6 is 11.3 Å². The van der Waals surface area contributed by atoms with Crippen LogP contribution < -0.4 is 10.5 Å². The van der Waals surface area contributed by atoms with Crippen LogP contribution in [0, 0.1) is 6.92 Å². The Morgan fingerprint density at radius 1 is 1.30 bits per heavy atom. The van der Waals surface area contributed by atoms with Crippen molar-refractivity contribution >= 4 is 11.3 Å². The molecule has 0 radical (unpaired) electrons. The van der Waals surface area contributed by atoms with Gasteiger partial charge in [-0.15, -0.1) is 11.3 Å². The molecule has 0 bridgehead atoms. The van der Waals surface area contributed by atoms with E-state index in [1.165, 1.54) is 0 Å². The van der Waals surface area contributed by atoms with Crippen LogP contribution in [0.5, 0.6) is 5.75 Å². The Morgan fingerprint density at radius 2 is 2.05 bits per heavy atom. The van der Waals surface area contributed by atoms with Crippen molar-refractivity contribution in [2.24, 2.45) is 5.73 Å². The molecule has 1 aromatic heterocycles. The second kappa shape index (κ2) is 7.38. The van der Waals surface area contributed by atoms with Gasteiger partial charge >= 0.3 is 0 Å². The molecule has 1 heterocycles. The summed E-state index contributed by atoms with van der Waals surface area (Å²) in [5.41, 5.74) is 7.81. The Labute approximate surface area is 124 Å². The minimum Gasteiger partial charge on any atom is -0.492 e. The fourth-order valence-electron chi connectivity index (χ4n) is 1.88. The lowest BCUT2D eigenvalue weighted by Crippen LogP contribution is -2.24. The Bertz CT molecular complexity index is 524. The zero-order chi connectivity index (χ0) is 14.4. The zero-order valence-electron chi connectivity index (χ0n) is 12.0. The van der Waals surface area contributed by atoms with E-state index in [1.807, 2.05) is 31.2 Å². The highest BCUT2D eigenvalue weighted by Crippen LogP contribution is 2.12. The first-order valence-electron chi connectivity index (χ1n) is 6.68. The second-order valence-corrected chi connectivity index (χ2v) is 5.85. The van der Waals surface area contributed by atoms with Crippen LogP contribution in [0.4, 0.5) is 0 Å². The Morgan fingerprint density at radius 3 is 2.65 bits per heavy atom. The molecule has 0 aliphatic carbocycles. The molecule has 1 aromatic carbocycles. The van der Waals surface area contributed by atoms with E-state index in [9.17, 15) is 0 Å². The van der Waals surface area contributed by atoms with E-state index in [2.05, 4.69) is 22.3 Å². The molecule has 20 heavy (non-hydrogen) atoms. The minimum atomic E-state index is 0.566. The zero-order valence-corrected chi connectivity index (χ0v) is 12.8. The van der Waals surface area contributed by atoms with Gasteiger partial charge in [0.15, 0.2) is 0 Å². The predicted molar refractivity (Wildman–Crippen MR) is 83.0 cm³/mol. The summed E-state index contributed by atoms with van der Waals surface area (Å²) >= 11 is 1.69. The summed E-state index contributed by atoms with van der Waals surface area (Å²) in [6, 6.07) is 7.92. The molecular formula is C15H21N3OS. The van der Waals surface area contributed by atoms with Gasteiger partial charge in [-0.1, -0.05) is 12.1 Å². The SMILES string of the molecule is Cc1nc(CN(C)CCOc2ccc(CN)cc2)cs1. The van der Waals surface area contributed by atoms with Crippen molar-refractivity contribution in [3.05, 3.63) is 45.9 Å².